The number of likely N-dealkylation sites (N-methyl/N-ethyl adjacent to an activating group) is 1. The summed E-state index contributed by atoms with van der Waals surface area (Å²) < 4.78 is 13.4. The van der Waals surface area contributed by atoms with Crippen LogP contribution in [0.15, 0.2) is 22.7 Å². The van der Waals surface area contributed by atoms with Gasteiger partial charge in [-0.2, -0.15) is 0 Å². The first kappa shape index (κ1) is 17.6. The van der Waals surface area contributed by atoms with Crippen LogP contribution in [0.25, 0.3) is 0 Å². The Morgan fingerprint density at radius 3 is 2.43 bits per heavy atom. The fourth-order valence-corrected chi connectivity index (χ4v) is 2.31. The van der Waals surface area contributed by atoms with Crippen molar-refractivity contribution >= 4 is 27.7 Å². The maximum atomic E-state index is 13.1. The number of benzene rings is 1. The molecule has 21 heavy (non-hydrogen) atoms. The van der Waals surface area contributed by atoms with E-state index in [0.29, 0.717) is 16.6 Å². The summed E-state index contributed by atoms with van der Waals surface area (Å²) in [6.45, 7) is 7.77. The van der Waals surface area contributed by atoms with Gasteiger partial charge in [-0.25, -0.2) is 4.39 Å². The molecule has 0 aliphatic rings. The lowest BCUT2D eigenvalue weighted by Gasteiger charge is -2.25. The number of hydrogen-bond donors (Lipinski definition) is 1. The zero-order chi connectivity index (χ0) is 16.2. The van der Waals surface area contributed by atoms with Crippen molar-refractivity contribution in [1.82, 2.24) is 10.2 Å². The molecule has 0 atom stereocenters. The van der Waals surface area contributed by atoms with Crippen LogP contribution in [0.3, 0.4) is 0 Å². The summed E-state index contributed by atoms with van der Waals surface area (Å²) in [4.78, 5) is 25.7. The van der Waals surface area contributed by atoms with Gasteiger partial charge in [0.2, 0.25) is 5.91 Å². The molecule has 0 saturated carbocycles. The Hall–Kier alpha value is -1.43. The molecule has 6 heteroatoms. The Bertz CT molecular complexity index is 541. The molecule has 0 unspecified atom stereocenters. The molecule has 1 aromatic carbocycles. The van der Waals surface area contributed by atoms with Crippen LogP contribution in [0, 0.1) is 5.82 Å². The van der Waals surface area contributed by atoms with E-state index in [-0.39, 0.29) is 23.9 Å². The third-order valence-corrected chi connectivity index (χ3v) is 3.34. The number of rotatable bonds is 4. The highest BCUT2D eigenvalue weighted by atomic mass is 79.9. The summed E-state index contributed by atoms with van der Waals surface area (Å²) in [6, 6.07) is 3.86. The molecule has 0 aliphatic carbocycles. The van der Waals surface area contributed by atoms with Crippen LogP contribution in [0.2, 0.25) is 0 Å². The van der Waals surface area contributed by atoms with Crippen LogP contribution in [0.5, 0.6) is 0 Å². The number of carbonyl (C=O) groups is 2. The minimum Gasteiger partial charge on any atom is -0.350 e. The van der Waals surface area contributed by atoms with E-state index in [1.54, 1.807) is 6.92 Å². The SMILES string of the molecule is CCN(CC(=O)NC(C)(C)C)C(=O)c1ccc(F)cc1Br. The molecule has 0 saturated heterocycles. The smallest absolute Gasteiger partial charge is 0.255 e. The molecule has 0 radical (unpaired) electrons. The molecule has 116 valence electrons. The van der Waals surface area contributed by atoms with E-state index < -0.39 is 5.82 Å². The third kappa shape index (κ3) is 5.46. The van der Waals surface area contributed by atoms with Crippen molar-refractivity contribution in [2.45, 2.75) is 33.2 Å². The topological polar surface area (TPSA) is 49.4 Å². The summed E-state index contributed by atoms with van der Waals surface area (Å²) in [6.07, 6.45) is 0. The first-order chi connectivity index (χ1) is 9.64. The molecular weight excluding hydrogens is 339 g/mol. The number of hydrogen-bond acceptors (Lipinski definition) is 2. The Morgan fingerprint density at radius 1 is 1.33 bits per heavy atom. The fraction of sp³-hybridized carbons (Fsp3) is 0.467. The monoisotopic (exact) mass is 358 g/mol. The zero-order valence-electron chi connectivity index (χ0n) is 12.7. The number of nitrogens with one attached hydrogen (secondary N) is 1. The van der Waals surface area contributed by atoms with Gasteiger partial charge in [-0.3, -0.25) is 9.59 Å². The molecule has 0 fully saturated rings. The quantitative estimate of drug-likeness (QED) is 0.899. The van der Waals surface area contributed by atoms with E-state index in [9.17, 15) is 14.0 Å². The van der Waals surface area contributed by atoms with E-state index in [1.807, 2.05) is 20.8 Å². The van der Waals surface area contributed by atoms with Gasteiger partial charge in [0.15, 0.2) is 0 Å². The zero-order valence-corrected chi connectivity index (χ0v) is 14.3. The van der Waals surface area contributed by atoms with Gasteiger partial charge in [-0.1, -0.05) is 0 Å². The lowest BCUT2D eigenvalue weighted by Crippen LogP contribution is -2.47. The summed E-state index contributed by atoms with van der Waals surface area (Å²) >= 11 is 3.17. The molecule has 0 bridgehead atoms. The summed E-state index contributed by atoms with van der Waals surface area (Å²) in [5, 5.41) is 2.81. The standard InChI is InChI=1S/C15H20BrFN2O2/c1-5-19(9-13(20)18-15(2,3)4)14(21)11-7-6-10(17)8-12(11)16/h6-8H,5,9H2,1-4H3,(H,18,20). The maximum absolute atomic E-state index is 13.1. The van der Waals surface area contributed by atoms with Gasteiger partial charge in [0, 0.05) is 16.6 Å². The molecule has 4 nitrogen and oxygen atoms in total. The molecule has 2 amide bonds. The van der Waals surface area contributed by atoms with Gasteiger partial charge < -0.3 is 10.2 Å². The van der Waals surface area contributed by atoms with Crippen molar-refractivity contribution in [1.29, 1.82) is 0 Å². The summed E-state index contributed by atoms with van der Waals surface area (Å²) in [5.41, 5.74) is -0.0162. The lowest BCUT2D eigenvalue weighted by molar-refractivity contribution is -0.123. The third-order valence-electron chi connectivity index (χ3n) is 2.68. The predicted octanol–water partition coefficient (Wildman–Crippen LogP) is 2.97. The number of amides is 2. The Kier molecular flexibility index (Phi) is 5.89. The van der Waals surface area contributed by atoms with Crippen LogP contribution in [-0.2, 0) is 4.79 Å². The minimum atomic E-state index is -0.424. The molecule has 1 N–H and O–H groups in total. The minimum absolute atomic E-state index is 0.0313. The van der Waals surface area contributed by atoms with Gasteiger partial charge in [0.25, 0.3) is 5.91 Å². The molecule has 0 heterocycles. The normalized spacial score (nSPS) is 11.1. The van der Waals surface area contributed by atoms with Gasteiger partial charge in [-0.15, -0.1) is 0 Å². The van der Waals surface area contributed by atoms with Crippen LogP contribution in [0.1, 0.15) is 38.1 Å². The molecule has 0 spiro atoms. The number of carbonyl (C=O) groups excluding carboxylic acids is 2. The Morgan fingerprint density at radius 2 is 1.95 bits per heavy atom. The highest BCUT2D eigenvalue weighted by Crippen LogP contribution is 2.19. The second-order valence-corrected chi connectivity index (χ2v) is 6.60. The fourth-order valence-electron chi connectivity index (χ4n) is 1.79. The van der Waals surface area contributed by atoms with Crippen LogP contribution in [0.4, 0.5) is 4.39 Å². The van der Waals surface area contributed by atoms with Gasteiger partial charge >= 0.3 is 0 Å². The van der Waals surface area contributed by atoms with Crippen LogP contribution < -0.4 is 5.32 Å². The average Bonchev–Trinajstić information content (AvgIpc) is 2.33. The summed E-state index contributed by atoms with van der Waals surface area (Å²) in [7, 11) is 0. The van der Waals surface area contributed by atoms with Gasteiger partial charge in [-0.05, 0) is 61.8 Å². The van der Waals surface area contributed by atoms with Crippen LogP contribution >= 0.6 is 15.9 Å². The first-order valence-corrected chi connectivity index (χ1v) is 7.48. The van der Waals surface area contributed by atoms with Crippen molar-refractivity contribution in [3.63, 3.8) is 0 Å². The predicted molar refractivity (Wildman–Crippen MR) is 83.6 cm³/mol. The molecule has 1 rings (SSSR count). The first-order valence-electron chi connectivity index (χ1n) is 6.69. The van der Waals surface area contributed by atoms with E-state index in [1.165, 1.54) is 23.1 Å². The van der Waals surface area contributed by atoms with E-state index >= 15 is 0 Å². The second-order valence-electron chi connectivity index (χ2n) is 5.74. The number of nitrogens with zero attached hydrogens (tertiary/aromatic N) is 1. The van der Waals surface area contributed by atoms with Crippen molar-refractivity contribution in [2.75, 3.05) is 13.1 Å². The largest absolute Gasteiger partial charge is 0.350 e. The van der Waals surface area contributed by atoms with E-state index in [0.717, 1.165) is 0 Å². The maximum Gasteiger partial charge on any atom is 0.255 e. The summed E-state index contributed by atoms with van der Waals surface area (Å²) in [5.74, 6) is -0.962. The molecular formula is C15H20BrFN2O2. The van der Waals surface area contributed by atoms with Crippen molar-refractivity contribution in [3.8, 4) is 0 Å². The van der Waals surface area contributed by atoms with E-state index in [4.69, 9.17) is 0 Å². The highest BCUT2D eigenvalue weighted by molar-refractivity contribution is 9.10. The van der Waals surface area contributed by atoms with Gasteiger partial charge in [0.05, 0.1) is 12.1 Å². The molecule has 0 aromatic heterocycles. The van der Waals surface area contributed by atoms with Gasteiger partial charge in [0.1, 0.15) is 5.82 Å². The second kappa shape index (κ2) is 7.02. The number of halogens is 2. The Balaban J connectivity index is 2.84. The van der Waals surface area contributed by atoms with Crippen molar-refractivity contribution in [2.24, 2.45) is 0 Å². The lowest BCUT2D eigenvalue weighted by atomic mass is 10.1. The Labute approximate surface area is 132 Å². The van der Waals surface area contributed by atoms with Crippen molar-refractivity contribution in [3.05, 3.63) is 34.1 Å². The van der Waals surface area contributed by atoms with Crippen molar-refractivity contribution < 1.29 is 14.0 Å². The average molecular weight is 359 g/mol. The van der Waals surface area contributed by atoms with E-state index in [2.05, 4.69) is 21.2 Å². The van der Waals surface area contributed by atoms with Crippen LogP contribution in [-0.4, -0.2) is 35.3 Å². The molecule has 1 aromatic rings. The molecule has 0 aliphatic heterocycles. The highest BCUT2D eigenvalue weighted by Gasteiger charge is 2.21.